The molecular weight excluding hydrogens is 176 g/mol. The zero-order valence-corrected chi connectivity index (χ0v) is 8.01. The van der Waals surface area contributed by atoms with Crippen molar-refractivity contribution >= 4 is 5.95 Å². The smallest absolute Gasteiger partial charge is 0.221 e. The molecule has 0 fully saturated rings. The molecule has 0 aliphatic carbocycles. The Labute approximate surface area is 82.6 Å². The van der Waals surface area contributed by atoms with Crippen LogP contribution in [0.15, 0.2) is 36.7 Å². The molecule has 1 aromatic carbocycles. The summed E-state index contributed by atoms with van der Waals surface area (Å²) in [4.78, 5) is 4.07. The molecule has 0 aliphatic rings. The lowest BCUT2D eigenvalue weighted by atomic mass is 10.2. The topological polar surface area (TPSA) is 42.7 Å². The standard InChI is InChI=1S/C10H12N4/c1-14-10(12-8-13-14)11-7-9-5-3-2-4-6-9/h2-6,8H,7H2,1H3,(H,11,12,13). The summed E-state index contributed by atoms with van der Waals surface area (Å²) in [5.41, 5.74) is 1.23. The van der Waals surface area contributed by atoms with Crippen molar-refractivity contribution in [3.05, 3.63) is 42.2 Å². The molecule has 1 heterocycles. The summed E-state index contributed by atoms with van der Waals surface area (Å²) in [6.45, 7) is 0.771. The van der Waals surface area contributed by atoms with Crippen LogP contribution in [0.1, 0.15) is 5.56 Å². The quantitative estimate of drug-likeness (QED) is 0.792. The van der Waals surface area contributed by atoms with Crippen LogP contribution < -0.4 is 5.32 Å². The van der Waals surface area contributed by atoms with E-state index in [0.29, 0.717) is 0 Å². The third-order valence-electron chi connectivity index (χ3n) is 2.00. The minimum absolute atomic E-state index is 0.771. The second kappa shape index (κ2) is 3.91. The first kappa shape index (κ1) is 8.74. The van der Waals surface area contributed by atoms with E-state index in [9.17, 15) is 0 Å². The average molecular weight is 188 g/mol. The van der Waals surface area contributed by atoms with Crippen LogP contribution in [0.4, 0.5) is 5.95 Å². The van der Waals surface area contributed by atoms with Gasteiger partial charge in [-0.2, -0.15) is 10.1 Å². The molecule has 2 rings (SSSR count). The van der Waals surface area contributed by atoms with Crippen molar-refractivity contribution in [1.29, 1.82) is 0 Å². The van der Waals surface area contributed by atoms with Crippen LogP contribution in [0.2, 0.25) is 0 Å². The molecule has 0 bridgehead atoms. The van der Waals surface area contributed by atoms with Crippen LogP contribution in [0.3, 0.4) is 0 Å². The molecule has 0 spiro atoms. The van der Waals surface area contributed by atoms with Gasteiger partial charge in [-0.3, -0.25) is 0 Å². The Morgan fingerprint density at radius 1 is 1.29 bits per heavy atom. The van der Waals surface area contributed by atoms with E-state index in [1.54, 1.807) is 4.68 Å². The first-order chi connectivity index (χ1) is 6.86. The summed E-state index contributed by atoms with van der Waals surface area (Å²) >= 11 is 0. The number of hydrogen-bond acceptors (Lipinski definition) is 3. The van der Waals surface area contributed by atoms with Gasteiger partial charge in [0.1, 0.15) is 6.33 Å². The summed E-state index contributed by atoms with van der Waals surface area (Å²) in [6.07, 6.45) is 1.54. The Balaban J connectivity index is 1.99. The highest BCUT2D eigenvalue weighted by Crippen LogP contribution is 2.03. The van der Waals surface area contributed by atoms with Crippen molar-refractivity contribution < 1.29 is 0 Å². The fourth-order valence-corrected chi connectivity index (χ4v) is 1.23. The van der Waals surface area contributed by atoms with Crippen LogP contribution in [0.25, 0.3) is 0 Å². The van der Waals surface area contributed by atoms with Crippen LogP contribution >= 0.6 is 0 Å². The van der Waals surface area contributed by atoms with Crippen LogP contribution in [0.5, 0.6) is 0 Å². The Morgan fingerprint density at radius 3 is 2.71 bits per heavy atom. The van der Waals surface area contributed by atoms with Crippen LogP contribution in [-0.4, -0.2) is 14.8 Å². The second-order valence-corrected chi connectivity index (χ2v) is 3.05. The molecule has 0 aliphatic heterocycles. The van der Waals surface area contributed by atoms with Gasteiger partial charge in [-0.15, -0.1) is 0 Å². The maximum atomic E-state index is 4.07. The van der Waals surface area contributed by atoms with E-state index < -0.39 is 0 Å². The zero-order chi connectivity index (χ0) is 9.80. The first-order valence-corrected chi connectivity index (χ1v) is 4.48. The van der Waals surface area contributed by atoms with Gasteiger partial charge >= 0.3 is 0 Å². The number of nitrogens with zero attached hydrogens (tertiary/aromatic N) is 3. The fourth-order valence-electron chi connectivity index (χ4n) is 1.23. The van der Waals surface area contributed by atoms with E-state index >= 15 is 0 Å². The number of hydrogen-bond donors (Lipinski definition) is 1. The number of anilines is 1. The van der Waals surface area contributed by atoms with Gasteiger partial charge in [-0.05, 0) is 5.56 Å². The van der Waals surface area contributed by atoms with Gasteiger partial charge in [0.2, 0.25) is 5.95 Å². The highest BCUT2D eigenvalue weighted by atomic mass is 15.4. The summed E-state index contributed by atoms with van der Waals surface area (Å²) < 4.78 is 1.71. The molecule has 0 saturated carbocycles. The van der Waals surface area contributed by atoms with Gasteiger partial charge < -0.3 is 5.32 Å². The van der Waals surface area contributed by atoms with Crippen molar-refractivity contribution in [2.24, 2.45) is 7.05 Å². The van der Waals surface area contributed by atoms with Crippen molar-refractivity contribution in [3.8, 4) is 0 Å². The van der Waals surface area contributed by atoms with E-state index in [1.165, 1.54) is 11.9 Å². The largest absolute Gasteiger partial charge is 0.350 e. The normalized spacial score (nSPS) is 10.1. The second-order valence-electron chi connectivity index (χ2n) is 3.05. The minimum Gasteiger partial charge on any atom is -0.350 e. The lowest BCUT2D eigenvalue weighted by molar-refractivity contribution is 0.767. The van der Waals surface area contributed by atoms with E-state index in [-0.39, 0.29) is 0 Å². The number of aryl methyl sites for hydroxylation is 1. The van der Waals surface area contributed by atoms with Gasteiger partial charge in [-0.25, -0.2) is 4.68 Å². The summed E-state index contributed by atoms with van der Waals surface area (Å²) in [7, 11) is 1.86. The number of benzene rings is 1. The summed E-state index contributed by atoms with van der Waals surface area (Å²) in [6, 6.07) is 10.2. The number of aromatic nitrogens is 3. The Morgan fingerprint density at radius 2 is 2.07 bits per heavy atom. The van der Waals surface area contributed by atoms with Gasteiger partial charge in [-0.1, -0.05) is 30.3 Å². The van der Waals surface area contributed by atoms with Crippen molar-refractivity contribution in [3.63, 3.8) is 0 Å². The van der Waals surface area contributed by atoms with Crippen molar-refractivity contribution in [1.82, 2.24) is 14.8 Å². The molecule has 0 saturated heterocycles. The van der Waals surface area contributed by atoms with E-state index in [4.69, 9.17) is 0 Å². The number of nitrogens with one attached hydrogen (secondary N) is 1. The van der Waals surface area contributed by atoms with E-state index in [2.05, 4.69) is 27.5 Å². The molecule has 4 heteroatoms. The van der Waals surface area contributed by atoms with Crippen molar-refractivity contribution in [2.75, 3.05) is 5.32 Å². The Bertz CT molecular complexity index is 394. The van der Waals surface area contributed by atoms with E-state index in [1.807, 2.05) is 25.2 Å². The van der Waals surface area contributed by atoms with Crippen LogP contribution in [-0.2, 0) is 13.6 Å². The predicted octanol–water partition coefficient (Wildman–Crippen LogP) is 1.43. The van der Waals surface area contributed by atoms with Crippen molar-refractivity contribution in [2.45, 2.75) is 6.54 Å². The van der Waals surface area contributed by atoms with E-state index in [0.717, 1.165) is 12.5 Å². The molecule has 0 atom stereocenters. The first-order valence-electron chi connectivity index (χ1n) is 4.48. The van der Waals surface area contributed by atoms with Gasteiger partial charge in [0.15, 0.2) is 0 Å². The van der Waals surface area contributed by atoms with Gasteiger partial charge in [0, 0.05) is 13.6 Å². The molecule has 1 N–H and O–H groups in total. The molecule has 4 nitrogen and oxygen atoms in total. The Hall–Kier alpha value is -1.84. The van der Waals surface area contributed by atoms with Gasteiger partial charge in [0.25, 0.3) is 0 Å². The third kappa shape index (κ3) is 1.90. The molecule has 14 heavy (non-hydrogen) atoms. The molecule has 0 unspecified atom stereocenters. The molecule has 72 valence electrons. The number of rotatable bonds is 3. The van der Waals surface area contributed by atoms with Crippen LogP contribution in [0, 0.1) is 0 Å². The predicted molar refractivity (Wildman–Crippen MR) is 54.8 cm³/mol. The highest BCUT2D eigenvalue weighted by Gasteiger charge is 1.98. The SMILES string of the molecule is Cn1ncnc1NCc1ccccc1. The molecular formula is C10H12N4. The highest BCUT2D eigenvalue weighted by molar-refractivity contribution is 5.26. The monoisotopic (exact) mass is 188 g/mol. The fraction of sp³-hybridized carbons (Fsp3) is 0.200. The summed E-state index contributed by atoms with van der Waals surface area (Å²) in [5.74, 6) is 0.786. The third-order valence-corrected chi connectivity index (χ3v) is 2.00. The maximum Gasteiger partial charge on any atom is 0.221 e. The zero-order valence-electron chi connectivity index (χ0n) is 8.01. The lowest BCUT2D eigenvalue weighted by Gasteiger charge is -2.04. The molecule has 0 radical (unpaired) electrons. The lowest BCUT2D eigenvalue weighted by Crippen LogP contribution is -2.05. The molecule has 1 aromatic heterocycles. The Kier molecular flexibility index (Phi) is 2.44. The minimum atomic E-state index is 0.771. The average Bonchev–Trinajstić information content (AvgIpc) is 2.63. The maximum absolute atomic E-state index is 4.07. The van der Waals surface area contributed by atoms with Gasteiger partial charge in [0.05, 0.1) is 0 Å². The molecule has 2 aromatic rings. The molecule has 0 amide bonds. The summed E-state index contributed by atoms with van der Waals surface area (Å²) in [5, 5.41) is 7.17.